The number of thiophene rings is 1. The third-order valence-corrected chi connectivity index (χ3v) is 4.70. The van der Waals surface area contributed by atoms with Crippen LogP contribution in [0.5, 0.6) is 0 Å². The second-order valence-corrected chi connectivity index (χ2v) is 6.35. The van der Waals surface area contributed by atoms with E-state index in [-0.39, 0.29) is 11.8 Å². The van der Waals surface area contributed by atoms with Gasteiger partial charge in [-0.25, -0.2) is 4.79 Å². The fraction of sp³-hybridized carbons (Fsp3) is 0.143. The van der Waals surface area contributed by atoms with Crippen LogP contribution in [-0.2, 0) is 4.79 Å². The molecule has 4 nitrogen and oxygen atoms in total. The highest BCUT2D eigenvalue weighted by molar-refractivity contribution is 7.10. The maximum atomic E-state index is 11.2. The van der Waals surface area contributed by atoms with E-state index in [0.717, 1.165) is 4.88 Å². The van der Waals surface area contributed by atoms with Crippen molar-refractivity contribution < 1.29 is 9.90 Å². The molecule has 108 valence electrons. The molecule has 7 heteroatoms. The highest BCUT2D eigenvalue weighted by atomic mass is 35.5. The van der Waals surface area contributed by atoms with Crippen molar-refractivity contribution in [1.82, 2.24) is 0 Å². The van der Waals surface area contributed by atoms with Crippen LogP contribution in [0.3, 0.4) is 0 Å². The Morgan fingerprint density at radius 2 is 2.19 bits per heavy atom. The normalized spacial score (nSPS) is 17.9. The molecule has 1 N–H and O–H groups in total. The lowest BCUT2D eigenvalue weighted by atomic mass is 10.1. The summed E-state index contributed by atoms with van der Waals surface area (Å²) in [5.74, 6) is -1.01. The lowest BCUT2D eigenvalue weighted by Crippen LogP contribution is -2.18. The van der Waals surface area contributed by atoms with Gasteiger partial charge in [0.15, 0.2) is 0 Å². The third kappa shape index (κ3) is 2.77. The van der Waals surface area contributed by atoms with E-state index in [2.05, 4.69) is 5.10 Å². The molecule has 21 heavy (non-hydrogen) atoms. The number of aliphatic carboxylic acids is 1. The van der Waals surface area contributed by atoms with E-state index in [9.17, 15) is 9.90 Å². The zero-order valence-electron chi connectivity index (χ0n) is 10.7. The van der Waals surface area contributed by atoms with Gasteiger partial charge in [-0.3, -0.25) is 5.01 Å². The molecule has 1 aromatic carbocycles. The van der Waals surface area contributed by atoms with Crippen molar-refractivity contribution in [2.75, 3.05) is 5.01 Å². The fourth-order valence-electron chi connectivity index (χ4n) is 2.23. The average Bonchev–Trinajstić information content (AvgIpc) is 3.07. The standard InChI is InChI=1S/C14H10Cl2N2O2S/c15-8-3-4-11(9(16)6-8)18-12(13-2-1-5-21-13)7-10(17-18)14(19)20/h1-6,12H,7H2,(H,19,20). The number of hydrazone groups is 1. The molecule has 1 aromatic heterocycles. The topological polar surface area (TPSA) is 52.9 Å². The van der Waals surface area contributed by atoms with E-state index in [1.165, 1.54) is 0 Å². The number of nitrogens with zero attached hydrogens (tertiary/aromatic N) is 2. The summed E-state index contributed by atoms with van der Waals surface area (Å²) in [5.41, 5.74) is 0.773. The number of carboxylic acid groups (broad SMARTS) is 1. The molecule has 0 spiro atoms. The lowest BCUT2D eigenvalue weighted by molar-refractivity contribution is -0.129. The SMILES string of the molecule is O=C(O)C1=NN(c2ccc(Cl)cc2Cl)C(c2cccs2)C1. The van der Waals surface area contributed by atoms with Crippen molar-refractivity contribution in [3.05, 3.63) is 50.6 Å². The van der Waals surface area contributed by atoms with Crippen molar-refractivity contribution in [3.63, 3.8) is 0 Å². The van der Waals surface area contributed by atoms with E-state index in [1.807, 2.05) is 17.5 Å². The molecular weight excluding hydrogens is 331 g/mol. The Morgan fingerprint density at radius 1 is 1.38 bits per heavy atom. The number of halogens is 2. The quantitative estimate of drug-likeness (QED) is 0.898. The first-order valence-corrected chi connectivity index (χ1v) is 7.78. The van der Waals surface area contributed by atoms with E-state index >= 15 is 0 Å². The molecule has 1 atom stereocenters. The lowest BCUT2D eigenvalue weighted by Gasteiger charge is -2.23. The van der Waals surface area contributed by atoms with Crippen LogP contribution in [0.25, 0.3) is 0 Å². The number of anilines is 1. The summed E-state index contributed by atoms with van der Waals surface area (Å²) in [7, 11) is 0. The molecule has 0 fully saturated rings. The first-order valence-electron chi connectivity index (χ1n) is 6.14. The van der Waals surface area contributed by atoms with Crippen molar-refractivity contribution in [2.45, 2.75) is 12.5 Å². The van der Waals surface area contributed by atoms with Gasteiger partial charge < -0.3 is 5.11 Å². The highest BCUT2D eigenvalue weighted by Gasteiger charge is 2.33. The molecular formula is C14H10Cl2N2O2S. The number of hydrogen-bond donors (Lipinski definition) is 1. The van der Waals surface area contributed by atoms with Gasteiger partial charge in [0, 0.05) is 16.3 Å². The second-order valence-electron chi connectivity index (χ2n) is 4.53. The van der Waals surface area contributed by atoms with Gasteiger partial charge in [0.1, 0.15) is 5.71 Å². The van der Waals surface area contributed by atoms with E-state index in [1.54, 1.807) is 34.5 Å². The Balaban J connectivity index is 2.04. The fourth-order valence-corrected chi connectivity index (χ4v) is 3.54. The summed E-state index contributed by atoms with van der Waals surface area (Å²) >= 11 is 13.7. The van der Waals surface area contributed by atoms with Gasteiger partial charge in [0.2, 0.25) is 0 Å². The number of hydrogen-bond acceptors (Lipinski definition) is 4. The van der Waals surface area contributed by atoms with Gasteiger partial charge in [-0.1, -0.05) is 29.3 Å². The predicted molar refractivity (Wildman–Crippen MR) is 85.7 cm³/mol. The Labute approximate surface area is 135 Å². The molecule has 2 heterocycles. The van der Waals surface area contributed by atoms with Crippen LogP contribution in [0.2, 0.25) is 10.0 Å². The minimum Gasteiger partial charge on any atom is -0.477 e. The first kappa shape index (κ1) is 14.4. The molecule has 0 aliphatic carbocycles. The van der Waals surface area contributed by atoms with Crippen molar-refractivity contribution in [3.8, 4) is 0 Å². The molecule has 0 amide bonds. The van der Waals surface area contributed by atoms with E-state index in [4.69, 9.17) is 23.2 Å². The molecule has 1 aliphatic rings. The Bertz CT molecular complexity index is 716. The zero-order chi connectivity index (χ0) is 15.0. The summed E-state index contributed by atoms with van der Waals surface area (Å²) < 4.78 is 0. The van der Waals surface area contributed by atoms with Gasteiger partial charge in [-0.05, 0) is 29.6 Å². The van der Waals surface area contributed by atoms with Gasteiger partial charge in [0.05, 0.1) is 16.8 Å². The highest BCUT2D eigenvalue weighted by Crippen LogP contribution is 2.40. The Kier molecular flexibility index (Phi) is 3.89. The molecule has 1 unspecified atom stereocenters. The van der Waals surface area contributed by atoms with Crippen LogP contribution >= 0.6 is 34.5 Å². The van der Waals surface area contributed by atoms with Crippen LogP contribution in [0.4, 0.5) is 5.69 Å². The van der Waals surface area contributed by atoms with Crippen molar-refractivity contribution >= 4 is 51.9 Å². The third-order valence-electron chi connectivity index (χ3n) is 3.19. The van der Waals surface area contributed by atoms with E-state index < -0.39 is 5.97 Å². The summed E-state index contributed by atoms with van der Waals surface area (Å²) in [6.45, 7) is 0. The molecule has 0 radical (unpaired) electrons. The Morgan fingerprint density at radius 3 is 2.81 bits per heavy atom. The van der Waals surface area contributed by atoms with Gasteiger partial charge >= 0.3 is 5.97 Å². The molecule has 0 saturated carbocycles. The smallest absolute Gasteiger partial charge is 0.352 e. The van der Waals surface area contributed by atoms with Gasteiger partial charge in [-0.2, -0.15) is 5.10 Å². The summed E-state index contributed by atoms with van der Waals surface area (Å²) in [6.07, 6.45) is 0.342. The first-order chi connectivity index (χ1) is 10.1. The molecule has 0 bridgehead atoms. The molecule has 3 rings (SSSR count). The Hall–Kier alpha value is -1.56. The van der Waals surface area contributed by atoms with Crippen LogP contribution < -0.4 is 5.01 Å². The number of benzene rings is 1. The summed E-state index contributed by atoms with van der Waals surface area (Å²) in [5, 5.41) is 18.0. The van der Waals surface area contributed by atoms with Crippen LogP contribution in [0.15, 0.2) is 40.8 Å². The monoisotopic (exact) mass is 340 g/mol. The maximum absolute atomic E-state index is 11.2. The van der Waals surface area contributed by atoms with Crippen LogP contribution in [0.1, 0.15) is 17.3 Å². The number of rotatable bonds is 3. The van der Waals surface area contributed by atoms with E-state index in [0.29, 0.717) is 22.2 Å². The number of carbonyl (C=O) groups is 1. The molecule has 2 aromatic rings. The molecule has 1 aliphatic heterocycles. The zero-order valence-corrected chi connectivity index (χ0v) is 13.0. The van der Waals surface area contributed by atoms with Crippen LogP contribution in [0, 0.1) is 0 Å². The predicted octanol–water partition coefficient (Wildman–Crippen LogP) is 4.45. The van der Waals surface area contributed by atoms with Gasteiger partial charge in [0.25, 0.3) is 0 Å². The number of carboxylic acids is 1. The summed E-state index contributed by atoms with van der Waals surface area (Å²) in [6, 6.07) is 8.82. The molecule has 0 saturated heterocycles. The second kappa shape index (κ2) is 5.67. The average molecular weight is 341 g/mol. The van der Waals surface area contributed by atoms with Gasteiger partial charge in [-0.15, -0.1) is 11.3 Å². The minimum absolute atomic E-state index is 0.124. The van der Waals surface area contributed by atoms with Crippen molar-refractivity contribution in [2.24, 2.45) is 5.10 Å². The van der Waals surface area contributed by atoms with Crippen LogP contribution in [-0.4, -0.2) is 16.8 Å². The largest absolute Gasteiger partial charge is 0.477 e. The maximum Gasteiger partial charge on any atom is 0.352 e. The van der Waals surface area contributed by atoms with Crippen molar-refractivity contribution in [1.29, 1.82) is 0 Å². The minimum atomic E-state index is -1.01. The summed E-state index contributed by atoms with van der Waals surface area (Å²) in [4.78, 5) is 12.3.